The van der Waals surface area contributed by atoms with Gasteiger partial charge in [-0.3, -0.25) is 0 Å². The van der Waals surface area contributed by atoms with Gasteiger partial charge < -0.3 is 4.42 Å². The first-order chi connectivity index (χ1) is 9.43. The first-order valence-electron chi connectivity index (χ1n) is 5.67. The van der Waals surface area contributed by atoms with Gasteiger partial charge in [-0.05, 0) is 42.5 Å². The van der Waals surface area contributed by atoms with Crippen LogP contribution in [-0.4, -0.2) is 4.98 Å². The van der Waals surface area contributed by atoms with Crippen LogP contribution < -0.4 is 0 Å². The van der Waals surface area contributed by atoms with Crippen LogP contribution in [0.5, 0.6) is 0 Å². The van der Waals surface area contributed by atoms with E-state index < -0.39 is 11.7 Å². The van der Waals surface area contributed by atoms with Crippen molar-refractivity contribution in [1.82, 2.24) is 4.98 Å². The predicted molar refractivity (Wildman–Crippen MR) is 72.1 cm³/mol. The minimum atomic E-state index is -4.34. The Bertz CT molecular complexity index is 762. The SMILES string of the molecule is FC(F)(F)c1ccc(-c2nc3cc(Br)ccc3o2)cc1. The standard InChI is InChI=1S/C14H7BrF3NO/c15-10-5-6-12-11(7-10)19-13(20-12)8-1-3-9(4-2-8)14(16,17)18/h1-7H. The average molecular weight is 342 g/mol. The number of aromatic nitrogens is 1. The second kappa shape index (κ2) is 4.63. The van der Waals surface area contributed by atoms with Crippen LogP contribution in [0.1, 0.15) is 5.56 Å². The van der Waals surface area contributed by atoms with Gasteiger partial charge in [0.25, 0.3) is 0 Å². The van der Waals surface area contributed by atoms with E-state index in [-0.39, 0.29) is 0 Å². The molecule has 1 aromatic heterocycles. The maximum atomic E-state index is 12.5. The average Bonchev–Trinajstić information content (AvgIpc) is 2.80. The van der Waals surface area contributed by atoms with Crippen LogP contribution in [0.25, 0.3) is 22.6 Å². The van der Waals surface area contributed by atoms with Crippen molar-refractivity contribution < 1.29 is 17.6 Å². The molecule has 0 aliphatic carbocycles. The van der Waals surface area contributed by atoms with E-state index in [1.54, 1.807) is 12.1 Å². The number of rotatable bonds is 1. The van der Waals surface area contributed by atoms with Crippen molar-refractivity contribution in [3.8, 4) is 11.5 Å². The van der Waals surface area contributed by atoms with Crippen molar-refractivity contribution in [3.63, 3.8) is 0 Å². The lowest BCUT2D eigenvalue weighted by Crippen LogP contribution is -2.03. The Morgan fingerprint density at radius 1 is 1.00 bits per heavy atom. The number of benzene rings is 2. The molecule has 3 aromatic rings. The Balaban J connectivity index is 2.02. The molecular formula is C14H7BrF3NO. The summed E-state index contributed by atoms with van der Waals surface area (Å²) in [6, 6.07) is 10.1. The summed E-state index contributed by atoms with van der Waals surface area (Å²) in [6.45, 7) is 0. The molecule has 0 amide bonds. The molecule has 0 bridgehead atoms. The Kier molecular flexibility index (Phi) is 3.05. The summed E-state index contributed by atoms with van der Waals surface area (Å²) in [6.07, 6.45) is -4.34. The van der Waals surface area contributed by atoms with Crippen molar-refractivity contribution in [1.29, 1.82) is 0 Å². The Morgan fingerprint density at radius 2 is 1.70 bits per heavy atom. The highest BCUT2D eigenvalue weighted by Crippen LogP contribution is 2.31. The third-order valence-electron chi connectivity index (χ3n) is 2.81. The zero-order chi connectivity index (χ0) is 14.3. The summed E-state index contributed by atoms with van der Waals surface area (Å²) in [4.78, 5) is 4.26. The second-order valence-electron chi connectivity index (χ2n) is 4.21. The first kappa shape index (κ1) is 13.2. The highest BCUT2D eigenvalue weighted by Gasteiger charge is 2.30. The van der Waals surface area contributed by atoms with Crippen LogP contribution in [0.15, 0.2) is 51.4 Å². The van der Waals surface area contributed by atoms with Gasteiger partial charge in [-0.15, -0.1) is 0 Å². The highest BCUT2D eigenvalue weighted by atomic mass is 79.9. The number of fused-ring (bicyclic) bond motifs is 1. The van der Waals surface area contributed by atoms with E-state index in [1.165, 1.54) is 12.1 Å². The fraction of sp³-hybridized carbons (Fsp3) is 0.0714. The first-order valence-corrected chi connectivity index (χ1v) is 6.46. The van der Waals surface area contributed by atoms with Crippen LogP contribution in [0, 0.1) is 0 Å². The molecule has 0 N–H and O–H groups in total. The van der Waals surface area contributed by atoms with E-state index in [0.29, 0.717) is 22.6 Å². The van der Waals surface area contributed by atoms with Crippen molar-refractivity contribution in [2.45, 2.75) is 6.18 Å². The zero-order valence-corrected chi connectivity index (χ0v) is 11.5. The molecule has 6 heteroatoms. The van der Waals surface area contributed by atoms with Gasteiger partial charge in [-0.25, -0.2) is 4.98 Å². The van der Waals surface area contributed by atoms with Gasteiger partial charge in [-0.2, -0.15) is 13.2 Å². The summed E-state index contributed by atoms with van der Waals surface area (Å²) in [5, 5.41) is 0. The largest absolute Gasteiger partial charge is 0.436 e. The number of hydrogen-bond acceptors (Lipinski definition) is 2. The quantitative estimate of drug-likeness (QED) is 0.602. The van der Waals surface area contributed by atoms with E-state index in [1.807, 2.05) is 6.07 Å². The third-order valence-corrected chi connectivity index (χ3v) is 3.30. The minimum Gasteiger partial charge on any atom is -0.436 e. The van der Waals surface area contributed by atoms with Crippen molar-refractivity contribution >= 4 is 27.0 Å². The topological polar surface area (TPSA) is 26.0 Å². The van der Waals surface area contributed by atoms with E-state index in [0.717, 1.165) is 16.6 Å². The van der Waals surface area contributed by atoms with Gasteiger partial charge in [0, 0.05) is 10.0 Å². The molecule has 0 fully saturated rings. The molecule has 0 saturated carbocycles. The van der Waals surface area contributed by atoms with Gasteiger partial charge in [0.15, 0.2) is 5.58 Å². The summed E-state index contributed by atoms with van der Waals surface area (Å²) in [5.74, 6) is 0.298. The molecule has 0 spiro atoms. The van der Waals surface area contributed by atoms with Gasteiger partial charge in [0.2, 0.25) is 5.89 Å². The Hall–Kier alpha value is -1.82. The smallest absolute Gasteiger partial charge is 0.416 e. The number of oxazole rings is 1. The highest BCUT2D eigenvalue weighted by molar-refractivity contribution is 9.10. The minimum absolute atomic E-state index is 0.298. The molecular weight excluding hydrogens is 335 g/mol. The number of nitrogens with zero attached hydrogens (tertiary/aromatic N) is 1. The van der Waals surface area contributed by atoms with Crippen LogP contribution >= 0.6 is 15.9 Å². The third kappa shape index (κ3) is 2.43. The molecule has 20 heavy (non-hydrogen) atoms. The second-order valence-corrected chi connectivity index (χ2v) is 5.12. The summed E-state index contributed by atoms with van der Waals surface area (Å²) >= 11 is 3.32. The number of hydrogen-bond donors (Lipinski definition) is 0. The lowest BCUT2D eigenvalue weighted by molar-refractivity contribution is -0.137. The van der Waals surface area contributed by atoms with Crippen LogP contribution in [0.2, 0.25) is 0 Å². The molecule has 0 atom stereocenters. The number of halogens is 4. The monoisotopic (exact) mass is 341 g/mol. The molecule has 0 saturated heterocycles. The molecule has 0 aliphatic rings. The van der Waals surface area contributed by atoms with Gasteiger partial charge in [0.1, 0.15) is 5.52 Å². The van der Waals surface area contributed by atoms with Crippen LogP contribution in [0.3, 0.4) is 0 Å². The number of alkyl halides is 3. The molecule has 0 unspecified atom stereocenters. The molecule has 3 rings (SSSR count). The molecule has 102 valence electrons. The molecule has 0 radical (unpaired) electrons. The van der Waals surface area contributed by atoms with Gasteiger partial charge in [-0.1, -0.05) is 15.9 Å². The summed E-state index contributed by atoms with van der Waals surface area (Å²) < 4.78 is 43.8. The molecule has 0 aliphatic heterocycles. The fourth-order valence-electron chi connectivity index (χ4n) is 1.83. The maximum absolute atomic E-state index is 12.5. The summed E-state index contributed by atoms with van der Waals surface area (Å²) in [7, 11) is 0. The molecule has 2 nitrogen and oxygen atoms in total. The molecule has 1 heterocycles. The van der Waals surface area contributed by atoms with Crippen molar-refractivity contribution in [2.75, 3.05) is 0 Å². The van der Waals surface area contributed by atoms with E-state index >= 15 is 0 Å². The van der Waals surface area contributed by atoms with Gasteiger partial charge in [0.05, 0.1) is 5.56 Å². The lowest BCUT2D eigenvalue weighted by atomic mass is 10.1. The van der Waals surface area contributed by atoms with E-state index in [4.69, 9.17) is 4.42 Å². The maximum Gasteiger partial charge on any atom is 0.416 e. The fourth-order valence-corrected chi connectivity index (χ4v) is 2.17. The van der Waals surface area contributed by atoms with Crippen molar-refractivity contribution in [2.24, 2.45) is 0 Å². The van der Waals surface area contributed by atoms with E-state index in [9.17, 15) is 13.2 Å². The van der Waals surface area contributed by atoms with Crippen LogP contribution in [0.4, 0.5) is 13.2 Å². The zero-order valence-electron chi connectivity index (χ0n) is 9.91. The molecule has 2 aromatic carbocycles. The summed E-state index contributed by atoms with van der Waals surface area (Å²) in [5.41, 5.74) is 1.04. The predicted octanol–water partition coefficient (Wildman–Crippen LogP) is 5.28. The van der Waals surface area contributed by atoms with E-state index in [2.05, 4.69) is 20.9 Å². The Labute approximate surface area is 120 Å². The Morgan fingerprint density at radius 3 is 2.35 bits per heavy atom. The normalized spacial score (nSPS) is 12.0. The van der Waals surface area contributed by atoms with Gasteiger partial charge >= 0.3 is 6.18 Å². The lowest BCUT2D eigenvalue weighted by Gasteiger charge is -2.05. The van der Waals surface area contributed by atoms with Crippen molar-refractivity contribution in [3.05, 3.63) is 52.5 Å². The van der Waals surface area contributed by atoms with Crippen LogP contribution in [-0.2, 0) is 6.18 Å².